The Kier molecular flexibility index (Phi) is 7.76. The highest BCUT2D eigenvalue weighted by Gasteiger charge is 2.21. The number of rotatable bonds is 9. The van der Waals surface area contributed by atoms with Crippen LogP contribution in [0.3, 0.4) is 0 Å². The van der Waals surface area contributed by atoms with Crippen LogP contribution in [0.15, 0.2) is 0 Å². The molecule has 4 nitrogen and oxygen atoms in total. The molecule has 2 atom stereocenters. The average molecular weight is 231 g/mol. The van der Waals surface area contributed by atoms with Crippen LogP contribution in [0.5, 0.6) is 0 Å². The first-order valence-corrected chi connectivity index (χ1v) is 6.28. The van der Waals surface area contributed by atoms with Crippen LogP contribution in [0, 0.1) is 5.92 Å². The van der Waals surface area contributed by atoms with E-state index in [1.165, 1.54) is 6.42 Å². The zero-order valence-corrected chi connectivity index (χ0v) is 10.3. The third kappa shape index (κ3) is 6.43. The summed E-state index contributed by atoms with van der Waals surface area (Å²) in [4.78, 5) is 0. The van der Waals surface area contributed by atoms with Crippen LogP contribution >= 0.6 is 0 Å². The molecule has 1 fully saturated rings. The molecule has 0 aromatic carbocycles. The van der Waals surface area contributed by atoms with Gasteiger partial charge in [0.2, 0.25) is 0 Å². The minimum atomic E-state index is -0.0517. The lowest BCUT2D eigenvalue weighted by Crippen LogP contribution is -2.23. The average Bonchev–Trinajstić information content (AvgIpc) is 2.68. The first-order chi connectivity index (χ1) is 7.83. The molecule has 0 radical (unpaired) electrons. The van der Waals surface area contributed by atoms with Crippen molar-refractivity contribution in [2.24, 2.45) is 5.92 Å². The topological polar surface area (TPSA) is 50.7 Å². The van der Waals surface area contributed by atoms with Crippen LogP contribution in [0.25, 0.3) is 0 Å². The Bertz CT molecular complexity index is 166. The number of hydrogen-bond donors (Lipinski definition) is 2. The quantitative estimate of drug-likeness (QED) is 0.576. The Hall–Kier alpha value is -0.160. The molecule has 1 rings (SSSR count). The molecule has 2 unspecified atom stereocenters. The lowest BCUT2D eigenvalue weighted by molar-refractivity contribution is 0.0694. The van der Waals surface area contributed by atoms with E-state index in [1.807, 2.05) is 0 Å². The van der Waals surface area contributed by atoms with E-state index in [2.05, 4.69) is 5.32 Å². The maximum atomic E-state index is 9.36. The highest BCUT2D eigenvalue weighted by molar-refractivity contribution is 4.75. The van der Waals surface area contributed by atoms with Gasteiger partial charge in [0.25, 0.3) is 0 Å². The van der Waals surface area contributed by atoms with Gasteiger partial charge < -0.3 is 19.9 Å². The molecule has 0 aliphatic heterocycles. The van der Waals surface area contributed by atoms with Gasteiger partial charge in [-0.25, -0.2) is 0 Å². The van der Waals surface area contributed by atoms with Crippen LogP contribution in [0.2, 0.25) is 0 Å². The van der Waals surface area contributed by atoms with Gasteiger partial charge in [0.15, 0.2) is 0 Å². The monoisotopic (exact) mass is 231 g/mol. The second kappa shape index (κ2) is 8.93. The standard InChI is InChI=1S/C12H25NO3/c1-15-7-8-16-6-2-5-13-10-11-3-4-12(14)9-11/h11-14H,2-10H2,1H3. The van der Waals surface area contributed by atoms with Crippen molar-refractivity contribution in [2.45, 2.75) is 31.8 Å². The minimum Gasteiger partial charge on any atom is -0.393 e. The van der Waals surface area contributed by atoms with Gasteiger partial charge in [-0.2, -0.15) is 0 Å². The smallest absolute Gasteiger partial charge is 0.0700 e. The third-order valence-corrected chi connectivity index (χ3v) is 3.02. The largest absolute Gasteiger partial charge is 0.393 e. The van der Waals surface area contributed by atoms with Gasteiger partial charge >= 0.3 is 0 Å². The summed E-state index contributed by atoms with van der Waals surface area (Å²) in [5, 5.41) is 12.8. The Morgan fingerprint density at radius 2 is 2.12 bits per heavy atom. The number of hydrogen-bond acceptors (Lipinski definition) is 4. The fraction of sp³-hybridized carbons (Fsp3) is 1.00. The van der Waals surface area contributed by atoms with Crippen LogP contribution in [-0.4, -0.2) is 51.2 Å². The molecule has 0 bridgehead atoms. The highest BCUT2D eigenvalue weighted by Crippen LogP contribution is 2.24. The van der Waals surface area contributed by atoms with E-state index < -0.39 is 0 Å². The van der Waals surface area contributed by atoms with E-state index >= 15 is 0 Å². The van der Waals surface area contributed by atoms with Gasteiger partial charge in [0.05, 0.1) is 19.3 Å². The summed E-state index contributed by atoms with van der Waals surface area (Å²) in [6.45, 7) is 4.19. The number of aliphatic hydroxyl groups excluding tert-OH is 1. The van der Waals surface area contributed by atoms with Crippen molar-refractivity contribution in [3.8, 4) is 0 Å². The molecule has 1 saturated carbocycles. The van der Waals surface area contributed by atoms with Gasteiger partial charge in [-0.05, 0) is 44.7 Å². The second-order valence-corrected chi connectivity index (χ2v) is 4.50. The molecule has 0 heterocycles. The van der Waals surface area contributed by atoms with Crippen LogP contribution in [0.4, 0.5) is 0 Å². The second-order valence-electron chi connectivity index (χ2n) is 4.50. The zero-order valence-electron chi connectivity index (χ0n) is 10.3. The Balaban J connectivity index is 1.78. The van der Waals surface area contributed by atoms with Crippen molar-refractivity contribution in [3.63, 3.8) is 0 Å². The summed E-state index contributed by atoms with van der Waals surface area (Å²) < 4.78 is 10.2. The highest BCUT2D eigenvalue weighted by atomic mass is 16.5. The molecule has 0 aromatic rings. The van der Waals surface area contributed by atoms with Crippen molar-refractivity contribution in [1.29, 1.82) is 0 Å². The van der Waals surface area contributed by atoms with Gasteiger partial charge in [-0.1, -0.05) is 0 Å². The predicted octanol–water partition coefficient (Wildman–Crippen LogP) is 0.790. The summed E-state index contributed by atoms with van der Waals surface area (Å²) in [5.74, 6) is 0.671. The molecular formula is C12H25NO3. The van der Waals surface area contributed by atoms with Crippen molar-refractivity contribution in [3.05, 3.63) is 0 Å². The number of nitrogens with one attached hydrogen (secondary N) is 1. The first-order valence-electron chi connectivity index (χ1n) is 6.28. The van der Waals surface area contributed by atoms with Crippen molar-refractivity contribution in [2.75, 3.05) is 40.0 Å². The molecule has 1 aliphatic rings. The Morgan fingerprint density at radius 1 is 1.25 bits per heavy atom. The zero-order chi connectivity index (χ0) is 11.6. The Morgan fingerprint density at radius 3 is 2.81 bits per heavy atom. The molecule has 0 saturated heterocycles. The van der Waals surface area contributed by atoms with Crippen LogP contribution in [0.1, 0.15) is 25.7 Å². The van der Waals surface area contributed by atoms with Gasteiger partial charge in [0, 0.05) is 13.7 Å². The molecule has 2 N–H and O–H groups in total. The maximum absolute atomic E-state index is 9.36. The van der Waals surface area contributed by atoms with Crippen molar-refractivity contribution < 1.29 is 14.6 Å². The molecule has 16 heavy (non-hydrogen) atoms. The predicted molar refractivity (Wildman–Crippen MR) is 63.5 cm³/mol. The van der Waals surface area contributed by atoms with Crippen molar-refractivity contribution >= 4 is 0 Å². The van der Waals surface area contributed by atoms with E-state index in [0.717, 1.165) is 39.0 Å². The van der Waals surface area contributed by atoms with Crippen LogP contribution in [-0.2, 0) is 9.47 Å². The first kappa shape index (κ1) is 13.9. The normalized spacial score (nSPS) is 25.1. The van der Waals surface area contributed by atoms with E-state index in [-0.39, 0.29) is 6.10 Å². The summed E-state index contributed by atoms with van der Waals surface area (Å²) in [6, 6.07) is 0. The third-order valence-electron chi connectivity index (χ3n) is 3.02. The maximum Gasteiger partial charge on any atom is 0.0700 e. The summed E-state index contributed by atoms with van der Waals surface area (Å²) in [5.41, 5.74) is 0. The summed E-state index contributed by atoms with van der Waals surface area (Å²) in [7, 11) is 1.68. The van der Waals surface area contributed by atoms with Gasteiger partial charge in [-0.3, -0.25) is 0 Å². The fourth-order valence-electron chi connectivity index (χ4n) is 2.08. The van der Waals surface area contributed by atoms with E-state index in [9.17, 15) is 5.11 Å². The van der Waals surface area contributed by atoms with Crippen LogP contribution < -0.4 is 5.32 Å². The number of ether oxygens (including phenoxy) is 2. The fourth-order valence-corrected chi connectivity index (χ4v) is 2.08. The molecule has 0 spiro atoms. The summed E-state index contributed by atoms with van der Waals surface area (Å²) >= 11 is 0. The molecular weight excluding hydrogens is 206 g/mol. The molecule has 0 amide bonds. The van der Waals surface area contributed by atoms with E-state index in [1.54, 1.807) is 7.11 Å². The summed E-state index contributed by atoms with van der Waals surface area (Å²) in [6.07, 6.45) is 4.10. The van der Waals surface area contributed by atoms with E-state index in [0.29, 0.717) is 19.1 Å². The SMILES string of the molecule is COCCOCCCNCC1CCC(O)C1. The minimum absolute atomic E-state index is 0.0517. The molecule has 96 valence electrons. The van der Waals surface area contributed by atoms with Crippen molar-refractivity contribution in [1.82, 2.24) is 5.32 Å². The number of methoxy groups -OCH3 is 1. The lowest BCUT2D eigenvalue weighted by atomic mass is 10.1. The van der Waals surface area contributed by atoms with E-state index in [4.69, 9.17) is 9.47 Å². The van der Waals surface area contributed by atoms with Gasteiger partial charge in [0.1, 0.15) is 0 Å². The molecule has 4 heteroatoms. The lowest BCUT2D eigenvalue weighted by Gasteiger charge is -2.10. The number of aliphatic hydroxyl groups is 1. The van der Waals surface area contributed by atoms with Gasteiger partial charge in [-0.15, -0.1) is 0 Å². The Labute approximate surface area is 98.3 Å². The molecule has 1 aliphatic carbocycles. The molecule has 0 aromatic heterocycles.